The van der Waals surface area contributed by atoms with Gasteiger partial charge in [-0.05, 0) is 10.8 Å². The smallest absolute Gasteiger partial charge is 0.0487 e. The minimum atomic E-state index is -0.304. The fraction of sp³-hybridized carbons (Fsp3) is 0.200. The topological polar surface area (TPSA) is 9.23 Å². The van der Waals surface area contributed by atoms with Gasteiger partial charge in [-0.3, -0.25) is 0 Å². The molecule has 0 aromatic rings. The molecule has 0 unspecified atom stereocenters. The van der Waals surface area contributed by atoms with Gasteiger partial charge in [-0.1, -0.05) is 12.2 Å². The van der Waals surface area contributed by atoms with Gasteiger partial charge in [-0.2, -0.15) is 0 Å². The Morgan fingerprint density at radius 1 is 1.29 bits per heavy atom. The van der Waals surface area contributed by atoms with E-state index in [1.54, 1.807) is 7.11 Å². The van der Waals surface area contributed by atoms with Crippen molar-refractivity contribution in [2.75, 3.05) is 7.11 Å². The third-order valence-corrected chi connectivity index (χ3v) is 2.14. The van der Waals surface area contributed by atoms with Crippen LogP contribution in [0.25, 0.3) is 0 Å². The molecule has 0 amide bonds. The van der Waals surface area contributed by atoms with Crippen molar-refractivity contribution in [3.8, 4) is 0 Å². The highest BCUT2D eigenvalue weighted by atomic mass is 32.2. The second-order valence-electron chi connectivity index (χ2n) is 1.23. The van der Waals surface area contributed by atoms with Crippen LogP contribution in [-0.4, -0.2) is 7.11 Å². The third-order valence-electron chi connectivity index (χ3n) is 0.788. The van der Waals surface area contributed by atoms with Gasteiger partial charge in [0.15, 0.2) is 0 Å². The Hall–Kier alpha value is -0.210. The van der Waals surface area contributed by atoms with Crippen molar-refractivity contribution in [1.29, 1.82) is 0 Å². The van der Waals surface area contributed by atoms with Gasteiger partial charge in [-0.15, -0.1) is 11.2 Å². The van der Waals surface area contributed by atoms with E-state index in [1.165, 1.54) is 0 Å². The lowest BCUT2D eigenvalue weighted by Crippen LogP contribution is -1.66. The highest BCUT2D eigenvalue weighted by Crippen LogP contribution is 2.31. The van der Waals surface area contributed by atoms with E-state index in [4.69, 9.17) is 4.18 Å². The zero-order chi connectivity index (χ0) is 5.11. The van der Waals surface area contributed by atoms with E-state index in [9.17, 15) is 0 Å². The molecule has 0 atom stereocenters. The van der Waals surface area contributed by atoms with E-state index in [2.05, 4.69) is 10.8 Å². The van der Waals surface area contributed by atoms with Gasteiger partial charge in [0.2, 0.25) is 0 Å². The molecule has 0 N–H and O–H groups in total. The van der Waals surface area contributed by atoms with Gasteiger partial charge in [0.05, 0.1) is 0 Å². The summed E-state index contributed by atoms with van der Waals surface area (Å²) < 4.78 is 5.00. The van der Waals surface area contributed by atoms with Crippen LogP contribution in [0, 0.1) is 0 Å². The zero-order valence-electron chi connectivity index (χ0n) is 4.16. The molecule has 1 aliphatic rings. The predicted molar refractivity (Wildman–Crippen MR) is 34.3 cm³/mol. The third kappa shape index (κ3) is 1.08. The van der Waals surface area contributed by atoms with Crippen LogP contribution in [-0.2, 0) is 4.18 Å². The highest BCUT2D eigenvalue weighted by Gasteiger charge is 1.91. The van der Waals surface area contributed by atoms with Crippen molar-refractivity contribution < 1.29 is 4.18 Å². The Labute approximate surface area is 46.2 Å². The van der Waals surface area contributed by atoms with Crippen LogP contribution in [0.5, 0.6) is 0 Å². The molecule has 0 spiro atoms. The molecular weight excluding hydrogens is 108 g/mol. The predicted octanol–water partition coefficient (Wildman–Crippen LogP) is 1.59. The van der Waals surface area contributed by atoms with Crippen LogP contribution in [0.4, 0.5) is 0 Å². The first-order valence-electron chi connectivity index (χ1n) is 2.11. The summed E-state index contributed by atoms with van der Waals surface area (Å²) in [6.45, 7) is 0. The summed E-state index contributed by atoms with van der Waals surface area (Å²) in [6, 6.07) is 0. The number of thiol groups is 1. The van der Waals surface area contributed by atoms with Gasteiger partial charge in [0.25, 0.3) is 0 Å². The first-order chi connectivity index (χ1) is 3.43. The van der Waals surface area contributed by atoms with E-state index in [1.807, 2.05) is 12.2 Å². The molecule has 0 aromatic carbocycles. The standard InChI is InChI=1S/C5H8OS/c1-6-7-4-2-3-5-7/h2-5,7H,1H3. The largest absolute Gasteiger partial charge is 0.335 e. The Balaban J connectivity index is 2.44. The van der Waals surface area contributed by atoms with E-state index in [0.29, 0.717) is 0 Å². The lowest BCUT2D eigenvalue weighted by molar-refractivity contribution is 0.488. The average Bonchev–Trinajstić information content (AvgIpc) is 2.14. The van der Waals surface area contributed by atoms with Crippen molar-refractivity contribution >= 4 is 11.2 Å². The van der Waals surface area contributed by atoms with Crippen molar-refractivity contribution in [3.63, 3.8) is 0 Å². The normalized spacial score (nSPS) is 21.6. The number of allylic oxidation sites excluding steroid dienone is 2. The van der Waals surface area contributed by atoms with E-state index in [-0.39, 0.29) is 11.2 Å². The molecule has 0 bridgehead atoms. The molecule has 1 nitrogen and oxygen atoms in total. The molecule has 0 fully saturated rings. The lowest BCUT2D eigenvalue weighted by atomic mass is 10.6. The monoisotopic (exact) mass is 116 g/mol. The van der Waals surface area contributed by atoms with Gasteiger partial charge in [0.1, 0.15) is 0 Å². The number of rotatable bonds is 1. The minimum absolute atomic E-state index is 0.304. The Morgan fingerprint density at radius 3 is 2.14 bits per heavy atom. The molecule has 0 saturated carbocycles. The van der Waals surface area contributed by atoms with Gasteiger partial charge < -0.3 is 4.18 Å². The van der Waals surface area contributed by atoms with Gasteiger partial charge >= 0.3 is 0 Å². The SMILES string of the molecule is CO[SH]1C=CC=C1. The molecule has 2 heteroatoms. The maximum atomic E-state index is 5.00. The van der Waals surface area contributed by atoms with Crippen molar-refractivity contribution in [1.82, 2.24) is 0 Å². The van der Waals surface area contributed by atoms with Crippen molar-refractivity contribution in [3.05, 3.63) is 23.0 Å². The van der Waals surface area contributed by atoms with Crippen LogP contribution in [0.15, 0.2) is 23.0 Å². The summed E-state index contributed by atoms with van der Waals surface area (Å²) in [5.41, 5.74) is 0. The second-order valence-corrected chi connectivity index (χ2v) is 2.91. The first kappa shape index (κ1) is 4.94. The molecule has 40 valence electrons. The zero-order valence-corrected chi connectivity index (χ0v) is 5.06. The maximum Gasteiger partial charge on any atom is 0.0487 e. The molecule has 0 radical (unpaired) electrons. The maximum absolute atomic E-state index is 5.00. The van der Waals surface area contributed by atoms with E-state index >= 15 is 0 Å². The second kappa shape index (κ2) is 2.19. The molecule has 1 heterocycles. The van der Waals surface area contributed by atoms with Crippen LogP contribution < -0.4 is 0 Å². The van der Waals surface area contributed by atoms with Crippen LogP contribution in [0.1, 0.15) is 0 Å². The number of hydrogen-bond donors (Lipinski definition) is 1. The fourth-order valence-electron chi connectivity index (χ4n) is 0.440. The van der Waals surface area contributed by atoms with Gasteiger partial charge in [0, 0.05) is 7.11 Å². The fourth-order valence-corrected chi connectivity index (χ4v) is 1.32. The Bertz CT molecular complexity index is 94.6. The molecule has 0 saturated heterocycles. The van der Waals surface area contributed by atoms with Crippen LogP contribution in [0.2, 0.25) is 0 Å². The minimum Gasteiger partial charge on any atom is -0.335 e. The summed E-state index contributed by atoms with van der Waals surface area (Å²) in [5.74, 6) is 0. The average molecular weight is 116 g/mol. The van der Waals surface area contributed by atoms with E-state index < -0.39 is 0 Å². The summed E-state index contributed by atoms with van der Waals surface area (Å²) in [5, 5.41) is 4.13. The Kier molecular flexibility index (Phi) is 1.54. The Morgan fingerprint density at radius 2 is 1.86 bits per heavy atom. The van der Waals surface area contributed by atoms with Crippen molar-refractivity contribution in [2.45, 2.75) is 0 Å². The molecular formula is C5H8OS. The quantitative estimate of drug-likeness (QED) is 0.512. The van der Waals surface area contributed by atoms with Crippen molar-refractivity contribution in [2.24, 2.45) is 0 Å². The van der Waals surface area contributed by atoms with E-state index in [0.717, 1.165) is 0 Å². The first-order valence-corrected chi connectivity index (χ1v) is 3.51. The summed E-state index contributed by atoms with van der Waals surface area (Å²) >= 11 is -0.304. The molecule has 7 heavy (non-hydrogen) atoms. The summed E-state index contributed by atoms with van der Waals surface area (Å²) in [4.78, 5) is 0. The molecule has 0 aliphatic carbocycles. The van der Waals surface area contributed by atoms with Crippen LogP contribution in [0.3, 0.4) is 0 Å². The number of hydrogen-bond acceptors (Lipinski definition) is 1. The molecule has 0 aromatic heterocycles. The molecule has 1 aliphatic heterocycles. The van der Waals surface area contributed by atoms with Gasteiger partial charge in [-0.25, -0.2) is 0 Å². The van der Waals surface area contributed by atoms with Crippen LogP contribution >= 0.6 is 11.2 Å². The summed E-state index contributed by atoms with van der Waals surface area (Å²) in [7, 11) is 1.73. The summed E-state index contributed by atoms with van der Waals surface area (Å²) in [6.07, 6.45) is 4.02. The molecule has 1 rings (SSSR count). The highest BCUT2D eigenvalue weighted by molar-refractivity contribution is 8.18. The lowest BCUT2D eigenvalue weighted by Gasteiger charge is -2.02.